The van der Waals surface area contributed by atoms with Crippen molar-refractivity contribution in [1.29, 1.82) is 0 Å². The first kappa shape index (κ1) is 18.8. The minimum atomic E-state index is 0.0195. The summed E-state index contributed by atoms with van der Waals surface area (Å²) in [5.41, 5.74) is 1.22. The SMILES string of the molecule is COc1ccc(OCCNC(=O)CCNC(C)c2ccccc2)cc1. The van der Waals surface area contributed by atoms with E-state index in [1.54, 1.807) is 7.11 Å². The van der Waals surface area contributed by atoms with E-state index in [1.165, 1.54) is 5.56 Å². The lowest BCUT2D eigenvalue weighted by atomic mass is 10.1. The highest BCUT2D eigenvalue weighted by Crippen LogP contribution is 2.16. The fraction of sp³-hybridized carbons (Fsp3) is 0.350. The smallest absolute Gasteiger partial charge is 0.221 e. The number of rotatable bonds is 10. The van der Waals surface area contributed by atoms with Crippen molar-refractivity contribution in [3.63, 3.8) is 0 Å². The number of amides is 1. The van der Waals surface area contributed by atoms with Crippen molar-refractivity contribution in [3.05, 3.63) is 60.2 Å². The van der Waals surface area contributed by atoms with Gasteiger partial charge in [-0.3, -0.25) is 4.79 Å². The Hall–Kier alpha value is -2.53. The Kier molecular flexibility index (Phi) is 7.79. The van der Waals surface area contributed by atoms with Crippen molar-refractivity contribution in [2.24, 2.45) is 0 Å². The number of carbonyl (C=O) groups is 1. The molecule has 2 aromatic rings. The minimum Gasteiger partial charge on any atom is -0.497 e. The van der Waals surface area contributed by atoms with E-state index in [9.17, 15) is 4.79 Å². The summed E-state index contributed by atoms with van der Waals surface area (Å²) in [6.45, 7) is 3.65. The molecule has 134 valence electrons. The van der Waals surface area contributed by atoms with E-state index < -0.39 is 0 Å². The van der Waals surface area contributed by atoms with Crippen LogP contribution in [0.3, 0.4) is 0 Å². The summed E-state index contributed by atoms with van der Waals surface area (Å²) in [4.78, 5) is 11.8. The van der Waals surface area contributed by atoms with Gasteiger partial charge in [-0.05, 0) is 36.8 Å². The first-order chi connectivity index (χ1) is 12.2. The van der Waals surface area contributed by atoms with Crippen molar-refractivity contribution in [2.45, 2.75) is 19.4 Å². The molecule has 5 nitrogen and oxygen atoms in total. The Balaban J connectivity index is 1.56. The molecule has 0 aliphatic carbocycles. The molecule has 1 unspecified atom stereocenters. The number of nitrogens with one attached hydrogen (secondary N) is 2. The third kappa shape index (κ3) is 6.85. The van der Waals surface area contributed by atoms with E-state index in [0.29, 0.717) is 26.1 Å². The molecule has 25 heavy (non-hydrogen) atoms. The van der Waals surface area contributed by atoms with Crippen LogP contribution in [0, 0.1) is 0 Å². The summed E-state index contributed by atoms with van der Waals surface area (Å²) < 4.78 is 10.7. The number of methoxy groups -OCH3 is 1. The lowest BCUT2D eigenvalue weighted by Crippen LogP contribution is -2.31. The molecule has 1 amide bonds. The summed E-state index contributed by atoms with van der Waals surface area (Å²) in [6.07, 6.45) is 0.444. The van der Waals surface area contributed by atoms with E-state index in [0.717, 1.165) is 11.5 Å². The van der Waals surface area contributed by atoms with Crippen molar-refractivity contribution in [2.75, 3.05) is 26.8 Å². The van der Waals surface area contributed by atoms with Gasteiger partial charge in [0.05, 0.1) is 13.7 Å². The minimum absolute atomic E-state index is 0.0195. The fourth-order valence-electron chi connectivity index (χ4n) is 2.38. The average Bonchev–Trinajstić information content (AvgIpc) is 2.66. The summed E-state index contributed by atoms with van der Waals surface area (Å²) in [6, 6.07) is 17.8. The van der Waals surface area contributed by atoms with Crippen LogP contribution < -0.4 is 20.1 Å². The van der Waals surface area contributed by atoms with E-state index in [4.69, 9.17) is 9.47 Å². The van der Waals surface area contributed by atoms with E-state index in [-0.39, 0.29) is 11.9 Å². The summed E-state index contributed by atoms with van der Waals surface area (Å²) in [7, 11) is 1.63. The Morgan fingerprint density at radius 1 is 1.00 bits per heavy atom. The van der Waals surface area contributed by atoms with Gasteiger partial charge in [0.25, 0.3) is 0 Å². The first-order valence-corrected chi connectivity index (χ1v) is 8.51. The maximum absolute atomic E-state index is 11.8. The van der Waals surface area contributed by atoms with Gasteiger partial charge in [0, 0.05) is 19.0 Å². The number of carbonyl (C=O) groups excluding carboxylic acids is 1. The molecule has 2 rings (SSSR count). The molecule has 0 saturated carbocycles. The van der Waals surface area contributed by atoms with Crippen molar-refractivity contribution < 1.29 is 14.3 Å². The second-order valence-corrected chi connectivity index (χ2v) is 5.71. The quantitative estimate of drug-likeness (QED) is 0.652. The number of benzene rings is 2. The lowest BCUT2D eigenvalue weighted by Gasteiger charge is -2.14. The molecule has 0 spiro atoms. The molecule has 0 bridgehead atoms. The van der Waals surface area contributed by atoms with Crippen LogP contribution in [0.1, 0.15) is 24.9 Å². The number of hydrogen-bond acceptors (Lipinski definition) is 4. The Bertz CT molecular complexity index is 629. The van der Waals surface area contributed by atoms with Crippen LogP contribution in [-0.4, -0.2) is 32.7 Å². The van der Waals surface area contributed by atoms with Crippen LogP contribution in [0.25, 0.3) is 0 Å². The molecule has 5 heteroatoms. The van der Waals surface area contributed by atoms with Gasteiger partial charge in [-0.1, -0.05) is 30.3 Å². The first-order valence-electron chi connectivity index (χ1n) is 8.51. The average molecular weight is 342 g/mol. The Morgan fingerprint density at radius 3 is 2.36 bits per heavy atom. The zero-order valence-electron chi connectivity index (χ0n) is 14.8. The molecule has 0 radical (unpaired) electrons. The van der Waals surface area contributed by atoms with Gasteiger partial charge in [-0.25, -0.2) is 0 Å². The highest BCUT2D eigenvalue weighted by molar-refractivity contribution is 5.76. The molecule has 2 aromatic carbocycles. The molecule has 0 aromatic heterocycles. The normalized spacial score (nSPS) is 11.6. The molecule has 0 heterocycles. The fourth-order valence-corrected chi connectivity index (χ4v) is 2.38. The Morgan fingerprint density at radius 2 is 1.68 bits per heavy atom. The van der Waals surface area contributed by atoms with Crippen LogP contribution in [0.4, 0.5) is 0 Å². The third-order valence-electron chi connectivity index (χ3n) is 3.85. The zero-order chi connectivity index (χ0) is 17.9. The standard InChI is InChI=1S/C20H26N2O3/c1-16(17-6-4-3-5-7-17)21-13-12-20(23)22-14-15-25-19-10-8-18(24-2)9-11-19/h3-11,16,21H,12-15H2,1-2H3,(H,22,23). The molecule has 0 saturated heterocycles. The second-order valence-electron chi connectivity index (χ2n) is 5.71. The van der Waals surface area contributed by atoms with Crippen LogP contribution in [0.15, 0.2) is 54.6 Å². The van der Waals surface area contributed by atoms with Crippen molar-refractivity contribution in [3.8, 4) is 11.5 Å². The molecule has 0 fully saturated rings. The van der Waals surface area contributed by atoms with Crippen LogP contribution >= 0.6 is 0 Å². The predicted molar refractivity (Wildman–Crippen MR) is 99.0 cm³/mol. The summed E-state index contributed by atoms with van der Waals surface area (Å²) >= 11 is 0. The topological polar surface area (TPSA) is 59.6 Å². The van der Waals surface area contributed by atoms with E-state index >= 15 is 0 Å². The van der Waals surface area contributed by atoms with Gasteiger partial charge in [0.2, 0.25) is 5.91 Å². The summed E-state index contributed by atoms with van der Waals surface area (Å²) in [5, 5.41) is 6.21. The number of hydrogen-bond donors (Lipinski definition) is 2. The highest BCUT2D eigenvalue weighted by atomic mass is 16.5. The highest BCUT2D eigenvalue weighted by Gasteiger charge is 2.05. The van der Waals surface area contributed by atoms with Gasteiger partial charge in [0.1, 0.15) is 18.1 Å². The summed E-state index contributed by atoms with van der Waals surface area (Å²) in [5.74, 6) is 1.57. The molecular formula is C20H26N2O3. The third-order valence-corrected chi connectivity index (χ3v) is 3.85. The van der Waals surface area contributed by atoms with E-state index in [1.807, 2.05) is 42.5 Å². The van der Waals surface area contributed by atoms with Crippen LogP contribution in [-0.2, 0) is 4.79 Å². The largest absolute Gasteiger partial charge is 0.497 e. The maximum atomic E-state index is 11.8. The molecule has 1 atom stereocenters. The van der Waals surface area contributed by atoms with Crippen LogP contribution in [0.2, 0.25) is 0 Å². The lowest BCUT2D eigenvalue weighted by molar-refractivity contribution is -0.121. The molecule has 0 aliphatic rings. The Labute approximate surface area is 149 Å². The second kappa shape index (κ2) is 10.4. The van der Waals surface area contributed by atoms with Gasteiger partial charge in [0.15, 0.2) is 0 Å². The van der Waals surface area contributed by atoms with Gasteiger partial charge >= 0.3 is 0 Å². The van der Waals surface area contributed by atoms with Gasteiger partial charge in [-0.15, -0.1) is 0 Å². The molecule has 0 aliphatic heterocycles. The number of ether oxygens (including phenoxy) is 2. The van der Waals surface area contributed by atoms with Gasteiger partial charge in [-0.2, -0.15) is 0 Å². The van der Waals surface area contributed by atoms with E-state index in [2.05, 4.69) is 29.7 Å². The zero-order valence-corrected chi connectivity index (χ0v) is 14.8. The monoisotopic (exact) mass is 342 g/mol. The molecule has 2 N–H and O–H groups in total. The van der Waals surface area contributed by atoms with Crippen molar-refractivity contribution in [1.82, 2.24) is 10.6 Å². The van der Waals surface area contributed by atoms with Crippen molar-refractivity contribution >= 4 is 5.91 Å². The van der Waals surface area contributed by atoms with Crippen LogP contribution in [0.5, 0.6) is 11.5 Å². The maximum Gasteiger partial charge on any atom is 0.221 e. The van der Waals surface area contributed by atoms with Gasteiger partial charge < -0.3 is 20.1 Å². The predicted octanol–water partition coefficient (Wildman–Crippen LogP) is 2.93. The molecular weight excluding hydrogens is 316 g/mol.